The van der Waals surface area contributed by atoms with Gasteiger partial charge in [0, 0.05) is 6.54 Å². The maximum Gasteiger partial charge on any atom is 0.332 e. The van der Waals surface area contributed by atoms with Crippen LogP contribution in [0.5, 0.6) is 5.75 Å². The van der Waals surface area contributed by atoms with Crippen molar-refractivity contribution in [1.29, 1.82) is 0 Å². The smallest absolute Gasteiger partial charge is 0.332 e. The van der Waals surface area contributed by atoms with Gasteiger partial charge in [-0.15, -0.1) is 0 Å². The zero-order valence-electron chi connectivity index (χ0n) is 20.3. The zero-order chi connectivity index (χ0) is 25.1. The van der Waals surface area contributed by atoms with Gasteiger partial charge in [-0.25, -0.2) is 9.69 Å². The number of fused-ring (bicyclic) bond motifs is 3. The minimum atomic E-state index is -1.44. The Morgan fingerprint density at radius 3 is 2.17 bits per heavy atom. The van der Waals surface area contributed by atoms with Gasteiger partial charge in [-0.05, 0) is 49.1 Å². The van der Waals surface area contributed by atoms with Crippen LogP contribution in [-0.4, -0.2) is 52.7 Å². The van der Waals surface area contributed by atoms with Crippen LogP contribution in [0.2, 0.25) is 0 Å². The average molecular weight is 476 g/mol. The highest BCUT2D eigenvalue weighted by Crippen LogP contribution is 2.60. The molecule has 0 saturated carbocycles. The van der Waals surface area contributed by atoms with Crippen LogP contribution in [-0.2, 0) is 14.4 Å². The van der Waals surface area contributed by atoms with Crippen LogP contribution in [0, 0.1) is 17.8 Å². The molecule has 0 unspecified atom stereocenters. The predicted octanol–water partition coefficient (Wildman–Crippen LogP) is 3.62. The molecule has 0 spiro atoms. The summed E-state index contributed by atoms with van der Waals surface area (Å²) < 4.78 is 5.23. The molecule has 4 atom stereocenters. The summed E-state index contributed by atoms with van der Waals surface area (Å²) in [6.07, 6.45) is 0.283. The maximum absolute atomic E-state index is 14.3. The minimum Gasteiger partial charge on any atom is -0.497 e. The Morgan fingerprint density at radius 1 is 0.943 bits per heavy atom. The number of nitrogens with zero attached hydrogens (tertiary/aromatic N) is 3. The van der Waals surface area contributed by atoms with Crippen LogP contribution >= 0.6 is 0 Å². The summed E-state index contributed by atoms with van der Waals surface area (Å²) >= 11 is 0. The number of amides is 5. The molecule has 3 heterocycles. The van der Waals surface area contributed by atoms with E-state index in [1.165, 1.54) is 9.80 Å². The Morgan fingerprint density at radius 2 is 1.60 bits per heavy atom. The first-order chi connectivity index (χ1) is 16.8. The molecule has 8 heteroatoms. The highest BCUT2D eigenvalue weighted by atomic mass is 16.5. The van der Waals surface area contributed by atoms with Crippen molar-refractivity contribution in [3.8, 4) is 5.75 Å². The van der Waals surface area contributed by atoms with E-state index >= 15 is 0 Å². The van der Waals surface area contributed by atoms with Gasteiger partial charge in [0.05, 0.1) is 30.7 Å². The van der Waals surface area contributed by atoms with Crippen LogP contribution in [0.1, 0.15) is 38.8 Å². The summed E-state index contributed by atoms with van der Waals surface area (Å²) in [5, 5.41) is 0. The SMILES string of the molecule is CCN1C(=O)[C@H]2[C@@H](c3ccccc3)N3C(=O)N(c4ccc(OC)cc4)C(=O)[C@@]3(CC(C)C)[C@H]2C1=O. The monoisotopic (exact) mass is 475 g/mol. The molecule has 3 aliphatic heterocycles. The molecule has 0 aromatic heterocycles. The van der Waals surface area contributed by atoms with Crippen molar-refractivity contribution in [3.05, 3.63) is 60.2 Å². The fourth-order valence-electron chi connectivity index (χ4n) is 6.26. The summed E-state index contributed by atoms with van der Waals surface area (Å²) in [6, 6.07) is 14.7. The van der Waals surface area contributed by atoms with Crippen LogP contribution in [0.4, 0.5) is 10.5 Å². The predicted molar refractivity (Wildman–Crippen MR) is 128 cm³/mol. The van der Waals surface area contributed by atoms with Gasteiger partial charge < -0.3 is 9.64 Å². The molecule has 0 bridgehead atoms. The zero-order valence-corrected chi connectivity index (χ0v) is 20.3. The third kappa shape index (κ3) is 3.05. The third-order valence-electron chi connectivity index (χ3n) is 7.48. The summed E-state index contributed by atoms with van der Waals surface area (Å²) in [5.41, 5.74) is -0.289. The number of methoxy groups -OCH3 is 1. The van der Waals surface area contributed by atoms with Crippen molar-refractivity contribution < 1.29 is 23.9 Å². The van der Waals surface area contributed by atoms with E-state index in [2.05, 4.69) is 0 Å². The van der Waals surface area contributed by atoms with Crippen molar-refractivity contribution in [1.82, 2.24) is 9.80 Å². The number of rotatable bonds is 6. The van der Waals surface area contributed by atoms with Gasteiger partial charge in [0.25, 0.3) is 5.91 Å². The molecular formula is C27H29N3O5. The van der Waals surface area contributed by atoms with Crippen molar-refractivity contribution in [2.75, 3.05) is 18.6 Å². The molecule has 35 heavy (non-hydrogen) atoms. The number of likely N-dealkylation sites (tertiary alicyclic amines) is 1. The molecule has 5 rings (SSSR count). The van der Waals surface area contributed by atoms with E-state index in [4.69, 9.17) is 4.74 Å². The number of hydrogen-bond donors (Lipinski definition) is 0. The Balaban J connectivity index is 1.73. The number of carbonyl (C=O) groups is 4. The standard InChI is InChI=1S/C27H29N3O5/c1-5-28-23(31)20-21(24(28)32)27(15-16(2)3)25(33)29(18-11-13-19(35-4)14-12-18)26(34)30(27)22(20)17-9-7-6-8-10-17/h6-14,16,20-22H,5,15H2,1-4H3/t20-,21-,22-,27-/m1/s1. The molecule has 3 aliphatic rings. The Labute approximate surface area is 204 Å². The lowest BCUT2D eigenvalue weighted by Crippen LogP contribution is -2.54. The Bertz CT molecular complexity index is 1200. The second kappa shape index (κ2) is 8.22. The molecule has 2 aromatic carbocycles. The van der Waals surface area contributed by atoms with Crippen molar-refractivity contribution in [2.45, 2.75) is 38.8 Å². The third-order valence-corrected chi connectivity index (χ3v) is 7.48. The Hall–Kier alpha value is -3.68. The summed E-state index contributed by atoms with van der Waals surface area (Å²) in [5.74, 6) is -2.26. The quantitative estimate of drug-likeness (QED) is 0.470. The molecule has 3 saturated heterocycles. The van der Waals surface area contributed by atoms with Gasteiger partial charge >= 0.3 is 6.03 Å². The number of anilines is 1. The van der Waals surface area contributed by atoms with Crippen molar-refractivity contribution in [3.63, 3.8) is 0 Å². The van der Waals surface area contributed by atoms with Crippen LogP contribution < -0.4 is 9.64 Å². The summed E-state index contributed by atoms with van der Waals surface area (Å²) in [4.78, 5) is 59.6. The van der Waals surface area contributed by atoms with E-state index in [0.29, 0.717) is 11.4 Å². The van der Waals surface area contributed by atoms with Gasteiger partial charge in [0.1, 0.15) is 11.3 Å². The lowest BCUT2D eigenvalue weighted by Gasteiger charge is -2.36. The number of benzene rings is 2. The largest absolute Gasteiger partial charge is 0.497 e. The van der Waals surface area contributed by atoms with Crippen molar-refractivity contribution >= 4 is 29.4 Å². The molecule has 0 aliphatic carbocycles. The number of hydrogen-bond acceptors (Lipinski definition) is 5. The lowest BCUT2D eigenvalue weighted by atomic mass is 9.74. The van der Waals surface area contributed by atoms with E-state index in [0.717, 1.165) is 5.56 Å². The van der Waals surface area contributed by atoms with Crippen LogP contribution in [0.25, 0.3) is 0 Å². The molecule has 8 nitrogen and oxygen atoms in total. The maximum atomic E-state index is 14.3. The van der Waals surface area contributed by atoms with Gasteiger partial charge in [-0.1, -0.05) is 44.2 Å². The normalized spacial score (nSPS) is 27.8. The number of urea groups is 1. The molecule has 3 fully saturated rings. The molecule has 0 radical (unpaired) electrons. The average Bonchev–Trinajstić information content (AvgIpc) is 3.37. The summed E-state index contributed by atoms with van der Waals surface area (Å²) in [7, 11) is 1.54. The number of carbonyl (C=O) groups excluding carboxylic acids is 4. The second-order valence-electron chi connectivity index (χ2n) is 9.79. The highest BCUT2D eigenvalue weighted by Gasteiger charge is 2.77. The van der Waals surface area contributed by atoms with E-state index in [1.54, 1.807) is 43.2 Å². The lowest BCUT2D eigenvalue weighted by molar-refractivity contribution is -0.144. The van der Waals surface area contributed by atoms with Gasteiger partial charge in [-0.3, -0.25) is 19.3 Å². The molecule has 2 aromatic rings. The topological polar surface area (TPSA) is 87.2 Å². The van der Waals surface area contributed by atoms with Gasteiger partial charge in [0.2, 0.25) is 11.8 Å². The first-order valence-corrected chi connectivity index (χ1v) is 12.0. The fraction of sp³-hybridized carbons (Fsp3) is 0.407. The van der Waals surface area contributed by atoms with E-state index in [1.807, 2.05) is 44.2 Å². The van der Waals surface area contributed by atoms with Crippen LogP contribution in [0.15, 0.2) is 54.6 Å². The Kier molecular flexibility index (Phi) is 5.42. The van der Waals surface area contributed by atoms with E-state index in [9.17, 15) is 19.2 Å². The fourth-order valence-corrected chi connectivity index (χ4v) is 6.26. The second-order valence-corrected chi connectivity index (χ2v) is 9.79. The summed E-state index contributed by atoms with van der Waals surface area (Å²) in [6.45, 7) is 5.91. The van der Waals surface area contributed by atoms with E-state index < -0.39 is 35.4 Å². The van der Waals surface area contributed by atoms with Gasteiger partial charge in [0.15, 0.2) is 0 Å². The molecule has 0 N–H and O–H groups in total. The first-order valence-electron chi connectivity index (χ1n) is 12.0. The minimum absolute atomic E-state index is 0.00109. The van der Waals surface area contributed by atoms with Crippen molar-refractivity contribution in [2.24, 2.45) is 17.8 Å². The van der Waals surface area contributed by atoms with Crippen LogP contribution in [0.3, 0.4) is 0 Å². The first kappa shape index (κ1) is 23.1. The number of imide groups is 2. The molecule has 182 valence electrons. The molecule has 5 amide bonds. The highest BCUT2D eigenvalue weighted by molar-refractivity contribution is 6.26. The van der Waals surface area contributed by atoms with Gasteiger partial charge in [-0.2, -0.15) is 0 Å². The van der Waals surface area contributed by atoms with E-state index in [-0.39, 0.29) is 30.7 Å². The number of ether oxygens (including phenoxy) is 1. The molecular weight excluding hydrogens is 446 g/mol.